The van der Waals surface area contributed by atoms with E-state index in [1.165, 1.54) is 0 Å². The van der Waals surface area contributed by atoms with Crippen LogP contribution in [0.25, 0.3) is 0 Å². The number of nitrogens with one attached hydrogen (secondary N) is 1. The minimum absolute atomic E-state index is 0.340. The van der Waals surface area contributed by atoms with Gasteiger partial charge in [0.05, 0.1) is 6.20 Å². The fourth-order valence-electron chi connectivity index (χ4n) is 1.27. The molecule has 0 aromatic carbocycles. The van der Waals surface area contributed by atoms with Crippen molar-refractivity contribution in [1.29, 1.82) is 0 Å². The molecule has 0 saturated carbocycles. The summed E-state index contributed by atoms with van der Waals surface area (Å²) in [4.78, 5) is 0. The quantitative estimate of drug-likeness (QED) is 0.817. The van der Waals surface area contributed by atoms with E-state index in [2.05, 4.69) is 10.2 Å². The molecule has 2 heterocycles. The average molecular weight is 216 g/mol. The van der Waals surface area contributed by atoms with Crippen LogP contribution in [0.5, 0.6) is 0 Å². The summed E-state index contributed by atoms with van der Waals surface area (Å²) in [5.74, 6) is 0. The fraction of sp³-hybridized carbons (Fsp3) is 0.625. The monoisotopic (exact) mass is 216 g/mol. The van der Waals surface area contributed by atoms with Crippen molar-refractivity contribution in [3.8, 4) is 0 Å². The Morgan fingerprint density at radius 3 is 3.21 bits per heavy atom. The van der Waals surface area contributed by atoms with Gasteiger partial charge in [-0.25, -0.2) is 4.21 Å². The SMILES string of the molecule is O=S(OC1CCCCO1)c1ccn[nH]1. The lowest BCUT2D eigenvalue weighted by Crippen LogP contribution is -2.23. The smallest absolute Gasteiger partial charge is 0.210 e. The van der Waals surface area contributed by atoms with Gasteiger partial charge in [0, 0.05) is 6.61 Å². The van der Waals surface area contributed by atoms with Gasteiger partial charge < -0.3 is 4.74 Å². The average Bonchev–Trinajstić information content (AvgIpc) is 2.72. The van der Waals surface area contributed by atoms with Gasteiger partial charge in [-0.1, -0.05) is 0 Å². The zero-order valence-electron chi connectivity index (χ0n) is 7.64. The highest BCUT2D eigenvalue weighted by atomic mass is 32.2. The maximum Gasteiger partial charge on any atom is 0.210 e. The summed E-state index contributed by atoms with van der Waals surface area (Å²) in [6.45, 7) is 0.685. The van der Waals surface area contributed by atoms with Crippen molar-refractivity contribution in [1.82, 2.24) is 10.2 Å². The predicted octanol–water partition coefficient (Wildman–Crippen LogP) is 0.975. The van der Waals surface area contributed by atoms with Crippen molar-refractivity contribution in [2.75, 3.05) is 6.61 Å². The van der Waals surface area contributed by atoms with E-state index in [-0.39, 0.29) is 6.29 Å². The largest absolute Gasteiger partial charge is 0.351 e. The maximum atomic E-state index is 11.5. The molecule has 0 bridgehead atoms. The number of hydrogen-bond acceptors (Lipinski definition) is 4. The third-order valence-corrected chi connectivity index (χ3v) is 2.96. The third-order valence-electron chi connectivity index (χ3n) is 1.99. The van der Waals surface area contributed by atoms with E-state index in [1.54, 1.807) is 12.3 Å². The summed E-state index contributed by atoms with van der Waals surface area (Å²) in [5.41, 5.74) is 0. The summed E-state index contributed by atoms with van der Waals surface area (Å²) in [7, 11) is 0. The van der Waals surface area contributed by atoms with Crippen molar-refractivity contribution < 1.29 is 13.1 Å². The van der Waals surface area contributed by atoms with Crippen LogP contribution < -0.4 is 0 Å². The Labute approximate surface area is 84.5 Å². The molecule has 0 aliphatic carbocycles. The molecule has 2 rings (SSSR count). The summed E-state index contributed by atoms with van der Waals surface area (Å²) in [5, 5.41) is 6.76. The van der Waals surface area contributed by atoms with Crippen molar-refractivity contribution in [2.24, 2.45) is 0 Å². The molecular weight excluding hydrogens is 204 g/mol. The first-order valence-electron chi connectivity index (χ1n) is 4.56. The van der Waals surface area contributed by atoms with Gasteiger partial charge in [-0.2, -0.15) is 5.10 Å². The second kappa shape index (κ2) is 4.68. The molecule has 1 aliphatic rings. The second-order valence-electron chi connectivity index (χ2n) is 3.05. The second-order valence-corrected chi connectivity index (χ2v) is 4.15. The van der Waals surface area contributed by atoms with Crippen LogP contribution in [0.15, 0.2) is 17.3 Å². The van der Waals surface area contributed by atoms with Gasteiger partial charge in [0.25, 0.3) is 0 Å². The minimum atomic E-state index is -1.49. The van der Waals surface area contributed by atoms with Crippen LogP contribution in [-0.2, 0) is 20.0 Å². The number of aromatic amines is 1. The van der Waals surface area contributed by atoms with E-state index in [4.69, 9.17) is 8.92 Å². The zero-order chi connectivity index (χ0) is 9.80. The molecule has 2 atom stereocenters. The Bertz CT molecular complexity index is 296. The van der Waals surface area contributed by atoms with E-state index in [1.807, 2.05) is 0 Å². The fourth-order valence-corrected chi connectivity index (χ4v) is 2.02. The molecule has 1 N–H and O–H groups in total. The molecule has 1 aromatic rings. The van der Waals surface area contributed by atoms with Gasteiger partial charge in [-0.3, -0.25) is 9.28 Å². The van der Waals surface area contributed by atoms with Gasteiger partial charge in [0.15, 0.2) is 6.29 Å². The van der Waals surface area contributed by atoms with Gasteiger partial charge >= 0.3 is 0 Å². The molecular formula is C8H12N2O3S. The van der Waals surface area contributed by atoms with Crippen molar-refractivity contribution in [2.45, 2.75) is 30.6 Å². The van der Waals surface area contributed by atoms with Crippen LogP contribution in [0.4, 0.5) is 0 Å². The van der Waals surface area contributed by atoms with E-state index < -0.39 is 11.1 Å². The Balaban J connectivity index is 1.87. The minimum Gasteiger partial charge on any atom is -0.351 e. The van der Waals surface area contributed by atoms with Crippen LogP contribution in [-0.4, -0.2) is 27.3 Å². The molecule has 78 valence electrons. The molecule has 1 saturated heterocycles. The first-order valence-corrected chi connectivity index (χ1v) is 5.63. The predicted molar refractivity (Wildman–Crippen MR) is 49.7 cm³/mol. The Hall–Kier alpha value is -0.720. The normalized spacial score (nSPS) is 24.7. The van der Waals surface area contributed by atoms with E-state index in [0.29, 0.717) is 11.6 Å². The lowest BCUT2D eigenvalue weighted by Gasteiger charge is -2.21. The molecule has 14 heavy (non-hydrogen) atoms. The summed E-state index contributed by atoms with van der Waals surface area (Å²) >= 11 is -1.49. The van der Waals surface area contributed by atoms with Crippen LogP contribution >= 0.6 is 0 Å². The molecule has 1 aromatic heterocycles. The number of rotatable bonds is 3. The molecule has 1 aliphatic heterocycles. The summed E-state index contributed by atoms with van der Waals surface area (Å²) in [6, 6.07) is 1.62. The third kappa shape index (κ3) is 2.40. The molecule has 2 unspecified atom stereocenters. The van der Waals surface area contributed by atoms with E-state index >= 15 is 0 Å². The van der Waals surface area contributed by atoms with Crippen molar-refractivity contribution in [3.05, 3.63) is 12.3 Å². The highest BCUT2D eigenvalue weighted by molar-refractivity contribution is 7.80. The van der Waals surface area contributed by atoms with Gasteiger partial charge in [0.2, 0.25) is 11.1 Å². The molecule has 5 nitrogen and oxygen atoms in total. The molecule has 6 heteroatoms. The standard InChI is InChI=1S/C8H12N2O3S/c11-14(7-4-5-9-10-7)13-8-3-1-2-6-12-8/h4-5,8H,1-3,6H2,(H,9,10). The molecule has 0 radical (unpaired) electrons. The number of ether oxygens (including phenoxy) is 1. The zero-order valence-corrected chi connectivity index (χ0v) is 8.46. The summed E-state index contributed by atoms with van der Waals surface area (Å²) in [6.07, 6.45) is 4.12. The van der Waals surface area contributed by atoms with Crippen molar-refractivity contribution in [3.63, 3.8) is 0 Å². The number of H-pyrrole nitrogens is 1. The topological polar surface area (TPSA) is 64.2 Å². The first kappa shape index (κ1) is 9.82. The van der Waals surface area contributed by atoms with Crippen molar-refractivity contribution >= 4 is 11.1 Å². The number of aromatic nitrogens is 2. The van der Waals surface area contributed by atoms with Gasteiger partial charge in [0.1, 0.15) is 5.03 Å². The van der Waals surface area contributed by atoms with Crippen LogP contribution in [0.2, 0.25) is 0 Å². The van der Waals surface area contributed by atoms with E-state index in [9.17, 15) is 4.21 Å². The van der Waals surface area contributed by atoms with Crippen LogP contribution in [0.1, 0.15) is 19.3 Å². The highest BCUT2D eigenvalue weighted by Gasteiger charge is 2.18. The molecule has 0 spiro atoms. The molecule has 1 fully saturated rings. The lowest BCUT2D eigenvalue weighted by atomic mass is 10.2. The van der Waals surface area contributed by atoms with Gasteiger partial charge in [-0.15, -0.1) is 0 Å². The summed E-state index contributed by atoms with van der Waals surface area (Å²) < 4.78 is 22.0. The molecule has 0 amide bonds. The van der Waals surface area contributed by atoms with Gasteiger partial charge in [-0.05, 0) is 25.3 Å². The number of hydrogen-bond donors (Lipinski definition) is 1. The lowest BCUT2D eigenvalue weighted by molar-refractivity contribution is -0.0991. The first-order chi connectivity index (χ1) is 6.86. The highest BCUT2D eigenvalue weighted by Crippen LogP contribution is 2.16. The Morgan fingerprint density at radius 1 is 1.64 bits per heavy atom. The Kier molecular flexibility index (Phi) is 3.28. The number of nitrogens with zero attached hydrogens (tertiary/aromatic N) is 1. The van der Waals surface area contributed by atoms with Crippen LogP contribution in [0, 0.1) is 0 Å². The van der Waals surface area contributed by atoms with E-state index in [0.717, 1.165) is 19.3 Å². The maximum absolute atomic E-state index is 11.5. The Morgan fingerprint density at radius 2 is 2.57 bits per heavy atom. The van der Waals surface area contributed by atoms with Crippen LogP contribution in [0.3, 0.4) is 0 Å².